The number of rotatable bonds is 6. The highest BCUT2D eigenvalue weighted by Crippen LogP contribution is 2.28. The summed E-state index contributed by atoms with van der Waals surface area (Å²) in [6, 6.07) is 5.92. The van der Waals surface area contributed by atoms with Gasteiger partial charge in [-0.25, -0.2) is 0 Å². The highest BCUT2D eigenvalue weighted by molar-refractivity contribution is 9.10. The molecule has 0 amide bonds. The number of methoxy groups -OCH3 is 1. The van der Waals surface area contributed by atoms with Gasteiger partial charge in [-0.2, -0.15) is 0 Å². The van der Waals surface area contributed by atoms with E-state index in [2.05, 4.69) is 40.7 Å². The van der Waals surface area contributed by atoms with Crippen molar-refractivity contribution in [1.29, 1.82) is 0 Å². The number of nitrogen functional groups attached to an aromatic ring is 1. The third-order valence-electron chi connectivity index (χ3n) is 2.46. The van der Waals surface area contributed by atoms with Crippen LogP contribution in [-0.2, 0) is 4.74 Å². The lowest BCUT2D eigenvalue weighted by Gasteiger charge is -2.27. The van der Waals surface area contributed by atoms with Gasteiger partial charge in [-0.15, -0.1) is 0 Å². The average molecular weight is 301 g/mol. The van der Waals surface area contributed by atoms with Gasteiger partial charge >= 0.3 is 0 Å². The molecule has 0 atom stereocenters. The highest BCUT2D eigenvalue weighted by atomic mass is 79.9. The summed E-state index contributed by atoms with van der Waals surface area (Å²) in [7, 11) is 1.73. The van der Waals surface area contributed by atoms with E-state index in [1.54, 1.807) is 7.11 Å². The van der Waals surface area contributed by atoms with Gasteiger partial charge in [-0.3, -0.25) is 0 Å². The fraction of sp³-hybridized carbons (Fsp3) is 0.538. The Hall–Kier alpha value is -0.740. The smallest absolute Gasteiger partial charge is 0.0637 e. The predicted molar refractivity (Wildman–Crippen MR) is 77.5 cm³/mol. The van der Waals surface area contributed by atoms with Crippen molar-refractivity contribution < 1.29 is 4.74 Å². The van der Waals surface area contributed by atoms with Crippen molar-refractivity contribution in [2.75, 3.05) is 37.4 Å². The quantitative estimate of drug-likeness (QED) is 0.820. The van der Waals surface area contributed by atoms with Crippen LogP contribution in [0.1, 0.15) is 13.8 Å². The lowest BCUT2D eigenvalue weighted by molar-refractivity contribution is 0.204. The highest BCUT2D eigenvalue weighted by Gasteiger charge is 2.11. The van der Waals surface area contributed by atoms with E-state index in [0.29, 0.717) is 5.92 Å². The summed E-state index contributed by atoms with van der Waals surface area (Å²) in [4.78, 5) is 2.32. The third-order valence-corrected chi connectivity index (χ3v) is 3.10. The maximum absolute atomic E-state index is 5.76. The molecule has 0 unspecified atom stereocenters. The number of hydrogen-bond acceptors (Lipinski definition) is 3. The minimum atomic E-state index is 0.608. The minimum Gasteiger partial charge on any atom is -0.399 e. The standard InChI is InChI=1S/C13H21BrN2O/c1-10(2)9-16(6-7-17-3)13-5-4-11(15)8-12(13)14/h4-5,8,10H,6-7,9,15H2,1-3H3. The van der Waals surface area contributed by atoms with Crippen molar-refractivity contribution in [1.82, 2.24) is 0 Å². The molecule has 0 aromatic heterocycles. The van der Waals surface area contributed by atoms with Gasteiger partial charge in [0, 0.05) is 30.4 Å². The van der Waals surface area contributed by atoms with Crippen LogP contribution in [-0.4, -0.2) is 26.8 Å². The second kappa shape index (κ2) is 6.87. The molecule has 0 aliphatic carbocycles. The van der Waals surface area contributed by atoms with Gasteiger partial charge in [0.05, 0.1) is 12.3 Å². The van der Waals surface area contributed by atoms with Crippen LogP contribution in [0, 0.1) is 5.92 Å². The molecule has 0 saturated carbocycles. The Morgan fingerprint density at radius 3 is 2.65 bits per heavy atom. The van der Waals surface area contributed by atoms with Gasteiger partial charge in [0.1, 0.15) is 0 Å². The van der Waals surface area contributed by atoms with Crippen molar-refractivity contribution in [3.05, 3.63) is 22.7 Å². The fourth-order valence-corrected chi connectivity index (χ4v) is 2.38. The first kappa shape index (κ1) is 14.3. The fourth-order valence-electron chi connectivity index (χ4n) is 1.73. The summed E-state index contributed by atoms with van der Waals surface area (Å²) in [5.41, 5.74) is 7.70. The van der Waals surface area contributed by atoms with Crippen LogP contribution in [0.2, 0.25) is 0 Å². The van der Waals surface area contributed by atoms with E-state index in [1.165, 1.54) is 5.69 Å². The molecular formula is C13H21BrN2O. The molecule has 96 valence electrons. The normalized spacial score (nSPS) is 10.9. The Kier molecular flexibility index (Phi) is 5.78. The molecule has 0 radical (unpaired) electrons. The molecule has 0 bridgehead atoms. The number of hydrogen-bond donors (Lipinski definition) is 1. The van der Waals surface area contributed by atoms with Crippen LogP contribution in [0.25, 0.3) is 0 Å². The molecule has 3 nitrogen and oxygen atoms in total. The summed E-state index contributed by atoms with van der Waals surface area (Å²) in [5, 5.41) is 0. The molecule has 4 heteroatoms. The second-order valence-electron chi connectivity index (χ2n) is 4.54. The molecule has 0 aliphatic rings. The zero-order valence-electron chi connectivity index (χ0n) is 10.7. The number of benzene rings is 1. The van der Waals surface area contributed by atoms with Crippen molar-refractivity contribution in [2.24, 2.45) is 5.92 Å². The van der Waals surface area contributed by atoms with Crippen LogP contribution in [0.5, 0.6) is 0 Å². The number of nitrogens with two attached hydrogens (primary N) is 1. The topological polar surface area (TPSA) is 38.5 Å². The van der Waals surface area contributed by atoms with E-state index < -0.39 is 0 Å². The minimum absolute atomic E-state index is 0.608. The van der Waals surface area contributed by atoms with Gasteiger partial charge < -0.3 is 15.4 Å². The maximum Gasteiger partial charge on any atom is 0.0637 e. The van der Waals surface area contributed by atoms with E-state index in [1.807, 2.05) is 12.1 Å². The third kappa shape index (κ3) is 4.56. The van der Waals surface area contributed by atoms with Gasteiger partial charge in [0.25, 0.3) is 0 Å². The lowest BCUT2D eigenvalue weighted by atomic mass is 10.2. The van der Waals surface area contributed by atoms with Crippen LogP contribution in [0.4, 0.5) is 11.4 Å². The average Bonchev–Trinajstić information content (AvgIpc) is 2.24. The molecule has 17 heavy (non-hydrogen) atoms. The van der Waals surface area contributed by atoms with Crippen molar-refractivity contribution in [2.45, 2.75) is 13.8 Å². The number of anilines is 2. The Balaban J connectivity index is 2.86. The van der Waals surface area contributed by atoms with E-state index >= 15 is 0 Å². The molecule has 0 saturated heterocycles. The Morgan fingerprint density at radius 2 is 2.12 bits per heavy atom. The second-order valence-corrected chi connectivity index (χ2v) is 5.40. The van der Waals surface area contributed by atoms with Gasteiger partial charge in [-0.1, -0.05) is 13.8 Å². The van der Waals surface area contributed by atoms with Crippen molar-refractivity contribution in [3.8, 4) is 0 Å². The van der Waals surface area contributed by atoms with Crippen LogP contribution in [0.15, 0.2) is 22.7 Å². The molecule has 0 spiro atoms. The molecule has 1 aromatic rings. The first-order valence-electron chi connectivity index (χ1n) is 5.83. The zero-order valence-corrected chi connectivity index (χ0v) is 12.3. The Morgan fingerprint density at radius 1 is 1.41 bits per heavy atom. The lowest BCUT2D eigenvalue weighted by Crippen LogP contribution is -2.31. The Labute approximate surface area is 112 Å². The first-order valence-corrected chi connectivity index (χ1v) is 6.62. The van der Waals surface area contributed by atoms with E-state index in [9.17, 15) is 0 Å². The van der Waals surface area contributed by atoms with Crippen molar-refractivity contribution in [3.63, 3.8) is 0 Å². The summed E-state index contributed by atoms with van der Waals surface area (Å²) in [6.07, 6.45) is 0. The van der Waals surface area contributed by atoms with Crippen LogP contribution < -0.4 is 10.6 Å². The molecule has 1 rings (SSSR count). The number of nitrogens with zero attached hydrogens (tertiary/aromatic N) is 1. The summed E-state index contributed by atoms with van der Waals surface area (Å²) in [5.74, 6) is 0.608. The molecular weight excluding hydrogens is 280 g/mol. The van der Waals surface area contributed by atoms with E-state index in [0.717, 1.165) is 29.9 Å². The van der Waals surface area contributed by atoms with Gasteiger partial charge in [0.15, 0.2) is 0 Å². The van der Waals surface area contributed by atoms with Gasteiger partial charge in [-0.05, 0) is 40.0 Å². The summed E-state index contributed by atoms with van der Waals surface area (Å²) in [6.45, 7) is 7.04. The van der Waals surface area contributed by atoms with Crippen LogP contribution >= 0.6 is 15.9 Å². The molecule has 0 fully saturated rings. The molecule has 1 aromatic carbocycles. The van der Waals surface area contributed by atoms with E-state index in [-0.39, 0.29) is 0 Å². The maximum atomic E-state index is 5.76. The molecule has 2 N–H and O–H groups in total. The molecule has 0 heterocycles. The first-order chi connectivity index (χ1) is 8.04. The largest absolute Gasteiger partial charge is 0.399 e. The monoisotopic (exact) mass is 300 g/mol. The van der Waals surface area contributed by atoms with Gasteiger partial charge in [0.2, 0.25) is 0 Å². The SMILES string of the molecule is COCCN(CC(C)C)c1ccc(N)cc1Br. The predicted octanol–water partition coefficient (Wildman–Crippen LogP) is 3.14. The Bertz CT molecular complexity index is 355. The van der Waals surface area contributed by atoms with Crippen LogP contribution in [0.3, 0.4) is 0 Å². The van der Waals surface area contributed by atoms with E-state index in [4.69, 9.17) is 10.5 Å². The molecule has 0 aliphatic heterocycles. The summed E-state index contributed by atoms with van der Waals surface area (Å²) < 4.78 is 6.19. The summed E-state index contributed by atoms with van der Waals surface area (Å²) >= 11 is 3.57. The zero-order chi connectivity index (χ0) is 12.8. The number of ether oxygens (including phenoxy) is 1. The van der Waals surface area contributed by atoms with Crippen molar-refractivity contribution >= 4 is 27.3 Å². The number of halogens is 1.